The van der Waals surface area contributed by atoms with Crippen LogP contribution in [0.3, 0.4) is 0 Å². The fourth-order valence-electron chi connectivity index (χ4n) is 1.53. The molecule has 0 bridgehead atoms. The smallest absolute Gasteiger partial charge is 0.320 e. The van der Waals surface area contributed by atoms with Gasteiger partial charge in [-0.3, -0.25) is 9.69 Å². The predicted molar refractivity (Wildman–Crippen MR) is 58.4 cm³/mol. The highest BCUT2D eigenvalue weighted by Gasteiger charge is 2.22. The lowest BCUT2D eigenvalue weighted by Crippen LogP contribution is -2.40. The summed E-state index contributed by atoms with van der Waals surface area (Å²) in [6.45, 7) is 4.35. The molecule has 0 aromatic heterocycles. The molecule has 0 fully saturated rings. The number of rotatable bonds is 7. The molecule has 0 aromatic carbocycles. The van der Waals surface area contributed by atoms with Crippen molar-refractivity contribution < 1.29 is 9.90 Å². The molecule has 0 aliphatic carbocycles. The fraction of sp³-hybridized carbons (Fsp3) is 0.818. The molecule has 15 heavy (non-hydrogen) atoms. The number of unbranched alkanes of at least 4 members (excludes halogenated alkanes) is 1. The van der Waals surface area contributed by atoms with Crippen LogP contribution in [0.2, 0.25) is 0 Å². The minimum atomic E-state index is -0.795. The van der Waals surface area contributed by atoms with Gasteiger partial charge in [0.05, 0.1) is 12.0 Å². The van der Waals surface area contributed by atoms with Crippen LogP contribution in [-0.2, 0) is 4.79 Å². The Balaban J connectivity index is 4.23. The average molecular weight is 212 g/mol. The van der Waals surface area contributed by atoms with Crippen LogP contribution in [0.15, 0.2) is 0 Å². The zero-order valence-electron chi connectivity index (χ0n) is 9.73. The number of nitriles is 1. The molecule has 4 nitrogen and oxygen atoms in total. The number of carboxylic acids is 1. The van der Waals surface area contributed by atoms with Crippen molar-refractivity contribution in [1.29, 1.82) is 5.26 Å². The van der Waals surface area contributed by atoms with Gasteiger partial charge in [0.1, 0.15) is 6.04 Å². The average Bonchev–Trinajstić information content (AvgIpc) is 2.17. The maximum atomic E-state index is 11.0. The molecule has 2 atom stereocenters. The topological polar surface area (TPSA) is 64.3 Å². The maximum Gasteiger partial charge on any atom is 0.320 e. The molecule has 0 spiro atoms. The second-order valence-electron chi connectivity index (χ2n) is 3.97. The minimum Gasteiger partial charge on any atom is -0.480 e. The third-order valence-corrected chi connectivity index (χ3v) is 2.43. The van der Waals surface area contributed by atoms with Crippen molar-refractivity contribution in [2.24, 2.45) is 5.92 Å². The summed E-state index contributed by atoms with van der Waals surface area (Å²) in [7, 11) is 1.77. The van der Waals surface area contributed by atoms with E-state index in [1.165, 1.54) is 0 Å². The van der Waals surface area contributed by atoms with Crippen LogP contribution in [-0.4, -0.2) is 35.6 Å². The van der Waals surface area contributed by atoms with Crippen molar-refractivity contribution in [2.45, 2.75) is 39.2 Å². The highest BCUT2D eigenvalue weighted by atomic mass is 16.4. The minimum absolute atomic E-state index is 0.126. The van der Waals surface area contributed by atoms with Crippen molar-refractivity contribution in [3.8, 4) is 6.07 Å². The van der Waals surface area contributed by atoms with E-state index in [-0.39, 0.29) is 5.92 Å². The van der Waals surface area contributed by atoms with Crippen LogP contribution in [0.5, 0.6) is 0 Å². The molecule has 0 heterocycles. The van der Waals surface area contributed by atoms with Gasteiger partial charge in [0.25, 0.3) is 0 Å². The van der Waals surface area contributed by atoms with Crippen molar-refractivity contribution in [2.75, 3.05) is 13.6 Å². The number of carboxylic acid groups (broad SMARTS) is 1. The van der Waals surface area contributed by atoms with E-state index in [9.17, 15) is 4.79 Å². The molecule has 0 aliphatic heterocycles. The lowest BCUT2D eigenvalue weighted by molar-refractivity contribution is -0.143. The predicted octanol–water partition coefficient (Wildman–Crippen LogP) is 1.72. The quantitative estimate of drug-likeness (QED) is 0.698. The van der Waals surface area contributed by atoms with E-state index in [1.54, 1.807) is 18.9 Å². The Morgan fingerprint density at radius 1 is 1.60 bits per heavy atom. The first-order chi connectivity index (χ1) is 7.02. The third kappa shape index (κ3) is 5.38. The largest absolute Gasteiger partial charge is 0.480 e. The van der Waals surface area contributed by atoms with Gasteiger partial charge in [-0.15, -0.1) is 0 Å². The van der Waals surface area contributed by atoms with Crippen molar-refractivity contribution >= 4 is 5.97 Å². The van der Waals surface area contributed by atoms with E-state index in [2.05, 4.69) is 6.07 Å². The van der Waals surface area contributed by atoms with Crippen LogP contribution in [0, 0.1) is 17.2 Å². The van der Waals surface area contributed by atoms with Crippen LogP contribution in [0.25, 0.3) is 0 Å². The Morgan fingerprint density at radius 3 is 2.60 bits per heavy atom. The molecule has 0 saturated heterocycles. The molecule has 86 valence electrons. The van der Waals surface area contributed by atoms with Gasteiger partial charge in [-0.2, -0.15) is 5.26 Å². The summed E-state index contributed by atoms with van der Waals surface area (Å²) in [6.07, 6.45) is 2.55. The fourth-order valence-corrected chi connectivity index (χ4v) is 1.53. The molecule has 0 amide bonds. The number of likely N-dealkylation sites (N-methyl/N-ethyl adjacent to an activating group) is 1. The molecule has 1 N–H and O–H groups in total. The molecular formula is C11H20N2O2. The van der Waals surface area contributed by atoms with Gasteiger partial charge in [-0.25, -0.2) is 0 Å². The monoisotopic (exact) mass is 212 g/mol. The van der Waals surface area contributed by atoms with Gasteiger partial charge in [-0.05, 0) is 20.4 Å². The normalized spacial score (nSPS) is 14.6. The molecule has 0 saturated carbocycles. The molecule has 0 radical (unpaired) electrons. The number of hydrogen-bond donors (Lipinski definition) is 1. The summed E-state index contributed by atoms with van der Waals surface area (Å²) < 4.78 is 0. The first kappa shape index (κ1) is 13.9. The van der Waals surface area contributed by atoms with Crippen molar-refractivity contribution in [3.63, 3.8) is 0 Å². The lowest BCUT2D eigenvalue weighted by atomic mass is 10.1. The summed E-state index contributed by atoms with van der Waals surface area (Å²) in [4.78, 5) is 12.7. The highest BCUT2D eigenvalue weighted by Crippen LogP contribution is 2.09. The van der Waals surface area contributed by atoms with E-state index in [1.807, 2.05) is 6.92 Å². The lowest BCUT2D eigenvalue weighted by Gasteiger charge is -2.25. The number of carbonyl (C=O) groups is 1. The zero-order chi connectivity index (χ0) is 11.8. The first-order valence-corrected chi connectivity index (χ1v) is 5.35. The van der Waals surface area contributed by atoms with Crippen LogP contribution < -0.4 is 0 Å². The molecule has 0 aliphatic rings. The van der Waals surface area contributed by atoms with E-state index in [0.29, 0.717) is 13.0 Å². The Kier molecular flexibility index (Phi) is 6.72. The van der Waals surface area contributed by atoms with Gasteiger partial charge in [-0.1, -0.05) is 19.8 Å². The Hall–Kier alpha value is -1.08. The molecule has 0 aromatic rings. The van der Waals surface area contributed by atoms with Crippen LogP contribution in [0.4, 0.5) is 0 Å². The second-order valence-corrected chi connectivity index (χ2v) is 3.97. The van der Waals surface area contributed by atoms with E-state index >= 15 is 0 Å². The summed E-state index contributed by atoms with van der Waals surface area (Å²) in [6, 6.07) is 1.65. The summed E-state index contributed by atoms with van der Waals surface area (Å²) in [5, 5.41) is 17.7. The zero-order valence-corrected chi connectivity index (χ0v) is 9.73. The van der Waals surface area contributed by atoms with Gasteiger partial charge in [0.2, 0.25) is 0 Å². The van der Waals surface area contributed by atoms with E-state index in [0.717, 1.165) is 12.8 Å². The maximum absolute atomic E-state index is 11.0. The summed E-state index contributed by atoms with van der Waals surface area (Å²) >= 11 is 0. The molecular weight excluding hydrogens is 192 g/mol. The molecule has 0 rings (SSSR count). The van der Waals surface area contributed by atoms with Gasteiger partial charge in [0, 0.05) is 6.54 Å². The Labute approximate surface area is 91.5 Å². The van der Waals surface area contributed by atoms with Crippen LogP contribution >= 0.6 is 0 Å². The number of hydrogen-bond acceptors (Lipinski definition) is 3. The number of aliphatic carboxylic acids is 1. The SMILES string of the molecule is CCCCC(C(=O)O)N(C)CC(C)C#N. The highest BCUT2D eigenvalue weighted by molar-refractivity contribution is 5.73. The molecule has 4 heteroatoms. The van der Waals surface area contributed by atoms with Crippen molar-refractivity contribution in [1.82, 2.24) is 4.90 Å². The van der Waals surface area contributed by atoms with E-state index < -0.39 is 12.0 Å². The second kappa shape index (κ2) is 7.24. The summed E-state index contributed by atoms with van der Waals surface area (Å²) in [5.41, 5.74) is 0. The Morgan fingerprint density at radius 2 is 2.20 bits per heavy atom. The van der Waals surface area contributed by atoms with Gasteiger partial charge in [0.15, 0.2) is 0 Å². The Bertz CT molecular complexity index is 235. The molecule has 2 unspecified atom stereocenters. The van der Waals surface area contributed by atoms with Gasteiger partial charge < -0.3 is 5.11 Å². The number of nitrogens with zero attached hydrogens (tertiary/aromatic N) is 2. The van der Waals surface area contributed by atoms with Crippen LogP contribution in [0.1, 0.15) is 33.1 Å². The standard InChI is InChI=1S/C11H20N2O2/c1-4-5-6-10(11(14)15)13(3)8-9(2)7-12/h9-10H,4-6,8H2,1-3H3,(H,14,15). The summed E-state index contributed by atoms with van der Waals surface area (Å²) in [5.74, 6) is -0.922. The van der Waals surface area contributed by atoms with Gasteiger partial charge >= 0.3 is 5.97 Å². The first-order valence-electron chi connectivity index (χ1n) is 5.35. The van der Waals surface area contributed by atoms with Crippen molar-refractivity contribution in [3.05, 3.63) is 0 Å². The third-order valence-electron chi connectivity index (χ3n) is 2.43. The van der Waals surface area contributed by atoms with E-state index in [4.69, 9.17) is 10.4 Å².